The maximum atomic E-state index is 13.4. The molecule has 124 valence electrons. The van der Waals surface area contributed by atoms with Crippen molar-refractivity contribution in [1.82, 2.24) is 9.78 Å². The number of anilines is 1. The Balaban J connectivity index is 1.71. The third-order valence-corrected chi connectivity index (χ3v) is 4.01. The predicted molar refractivity (Wildman–Crippen MR) is 92.4 cm³/mol. The number of amides is 1. The molecule has 4 rings (SSSR count). The molecule has 1 N–H and O–H groups in total. The molecular formula is C19H14FN3O2. The molecule has 0 unspecified atom stereocenters. The van der Waals surface area contributed by atoms with Crippen LogP contribution in [0.1, 0.15) is 16.1 Å². The Labute approximate surface area is 142 Å². The Kier molecular flexibility index (Phi) is 3.57. The van der Waals surface area contributed by atoms with Crippen LogP contribution < -0.4 is 5.32 Å². The maximum Gasteiger partial charge on any atom is 0.291 e. The number of hydrogen-bond acceptors (Lipinski definition) is 3. The number of nitrogens with one attached hydrogen (secondary N) is 1. The van der Waals surface area contributed by atoms with Crippen LogP contribution in [0.25, 0.3) is 16.7 Å². The van der Waals surface area contributed by atoms with Gasteiger partial charge in [0.1, 0.15) is 11.4 Å². The van der Waals surface area contributed by atoms with Gasteiger partial charge < -0.3 is 9.73 Å². The van der Waals surface area contributed by atoms with Crippen LogP contribution in [-0.2, 0) is 0 Å². The summed E-state index contributed by atoms with van der Waals surface area (Å²) in [7, 11) is 0. The zero-order valence-corrected chi connectivity index (χ0v) is 13.4. The number of carbonyl (C=O) groups excluding carboxylic acids is 1. The number of benzene rings is 2. The fourth-order valence-electron chi connectivity index (χ4n) is 2.78. The number of furan rings is 1. The van der Waals surface area contributed by atoms with Gasteiger partial charge in [-0.2, -0.15) is 5.10 Å². The number of nitrogens with zero attached hydrogens (tertiary/aromatic N) is 2. The van der Waals surface area contributed by atoms with E-state index in [-0.39, 0.29) is 11.6 Å². The summed E-state index contributed by atoms with van der Waals surface area (Å²) in [4.78, 5) is 12.7. The summed E-state index contributed by atoms with van der Waals surface area (Å²) in [6.45, 7) is 1.74. The van der Waals surface area contributed by atoms with E-state index in [2.05, 4.69) is 10.4 Å². The number of carbonyl (C=O) groups is 1. The molecule has 0 saturated heterocycles. The molecule has 2 aromatic carbocycles. The Morgan fingerprint density at radius 3 is 2.84 bits per heavy atom. The molecule has 0 aliphatic carbocycles. The van der Waals surface area contributed by atoms with Gasteiger partial charge in [-0.05, 0) is 43.3 Å². The van der Waals surface area contributed by atoms with Crippen LogP contribution in [0.2, 0.25) is 0 Å². The first-order valence-corrected chi connectivity index (χ1v) is 7.72. The zero-order chi connectivity index (χ0) is 17.4. The van der Waals surface area contributed by atoms with Gasteiger partial charge in [0, 0.05) is 23.3 Å². The van der Waals surface area contributed by atoms with Crippen LogP contribution in [0.4, 0.5) is 10.1 Å². The average molecular weight is 335 g/mol. The third-order valence-electron chi connectivity index (χ3n) is 4.01. The smallest absolute Gasteiger partial charge is 0.291 e. The number of para-hydroxylation sites is 2. The zero-order valence-electron chi connectivity index (χ0n) is 13.4. The van der Waals surface area contributed by atoms with Gasteiger partial charge in [0.25, 0.3) is 5.91 Å². The van der Waals surface area contributed by atoms with Crippen molar-refractivity contribution in [2.75, 3.05) is 5.32 Å². The molecule has 0 aliphatic rings. The number of aryl methyl sites for hydroxylation is 1. The minimum absolute atomic E-state index is 0.163. The molecule has 6 heteroatoms. The van der Waals surface area contributed by atoms with Crippen LogP contribution in [0.3, 0.4) is 0 Å². The SMILES string of the molecule is Cc1c(C(=O)Nc2ccccc2-n2cccn2)oc2ccc(F)cc12. The first kappa shape index (κ1) is 15.1. The van der Waals surface area contributed by atoms with E-state index in [4.69, 9.17) is 4.42 Å². The van der Waals surface area contributed by atoms with E-state index in [9.17, 15) is 9.18 Å². The van der Waals surface area contributed by atoms with Gasteiger partial charge in [-0.25, -0.2) is 9.07 Å². The number of rotatable bonds is 3. The predicted octanol–water partition coefficient (Wildman–Crippen LogP) is 4.32. The summed E-state index contributed by atoms with van der Waals surface area (Å²) in [5.74, 6) is -0.600. The average Bonchev–Trinajstić information content (AvgIpc) is 3.24. The van der Waals surface area contributed by atoms with Crippen molar-refractivity contribution in [2.24, 2.45) is 0 Å². The summed E-state index contributed by atoms with van der Waals surface area (Å²) >= 11 is 0. The highest BCUT2D eigenvalue weighted by Gasteiger charge is 2.19. The maximum absolute atomic E-state index is 13.4. The highest BCUT2D eigenvalue weighted by Crippen LogP contribution is 2.27. The Hall–Kier alpha value is -3.41. The van der Waals surface area contributed by atoms with Gasteiger partial charge in [0.05, 0.1) is 11.4 Å². The fraction of sp³-hybridized carbons (Fsp3) is 0.0526. The molecule has 0 fully saturated rings. The number of aromatic nitrogens is 2. The number of hydrogen-bond donors (Lipinski definition) is 1. The van der Waals surface area contributed by atoms with E-state index in [0.717, 1.165) is 5.69 Å². The Morgan fingerprint density at radius 2 is 2.04 bits per heavy atom. The molecule has 0 aliphatic heterocycles. The minimum Gasteiger partial charge on any atom is -0.451 e. The Bertz CT molecular complexity index is 1070. The van der Waals surface area contributed by atoms with Gasteiger partial charge in [-0.15, -0.1) is 0 Å². The molecule has 25 heavy (non-hydrogen) atoms. The largest absolute Gasteiger partial charge is 0.451 e. The second kappa shape index (κ2) is 5.90. The van der Waals surface area contributed by atoms with Crippen LogP contribution in [0.15, 0.2) is 65.3 Å². The van der Waals surface area contributed by atoms with Crippen molar-refractivity contribution in [3.63, 3.8) is 0 Å². The molecule has 2 heterocycles. The van der Waals surface area contributed by atoms with Gasteiger partial charge in [-0.3, -0.25) is 4.79 Å². The lowest BCUT2D eigenvalue weighted by Crippen LogP contribution is -2.14. The molecule has 0 radical (unpaired) electrons. The molecule has 4 aromatic rings. The lowest BCUT2D eigenvalue weighted by molar-refractivity contribution is 0.0998. The lowest BCUT2D eigenvalue weighted by atomic mass is 10.1. The number of fused-ring (bicyclic) bond motifs is 1. The van der Waals surface area contributed by atoms with Crippen molar-refractivity contribution in [2.45, 2.75) is 6.92 Å². The van der Waals surface area contributed by atoms with Crippen LogP contribution >= 0.6 is 0 Å². The van der Waals surface area contributed by atoms with E-state index >= 15 is 0 Å². The number of halogens is 1. The van der Waals surface area contributed by atoms with Crippen LogP contribution in [0, 0.1) is 12.7 Å². The van der Waals surface area contributed by atoms with Crippen molar-refractivity contribution in [3.8, 4) is 5.69 Å². The minimum atomic E-state index is -0.395. The molecule has 0 spiro atoms. The van der Waals surface area contributed by atoms with Crippen LogP contribution in [0.5, 0.6) is 0 Å². The molecular weight excluding hydrogens is 321 g/mol. The van der Waals surface area contributed by atoms with Crippen molar-refractivity contribution < 1.29 is 13.6 Å². The quantitative estimate of drug-likeness (QED) is 0.606. The summed E-state index contributed by atoms with van der Waals surface area (Å²) < 4.78 is 20.7. The summed E-state index contributed by atoms with van der Waals surface area (Å²) in [6, 6.07) is 13.3. The summed E-state index contributed by atoms with van der Waals surface area (Å²) in [5.41, 5.74) is 2.41. The molecule has 1 amide bonds. The highest BCUT2D eigenvalue weighted by atomic mass is 19.1. The van der Waals surface area contributed by atoms with E-state index in [1.165, 1.54) is 18.2 Å². The highest BCUT2D eigenvalue weighted by molar-refractivity contribution is 6.07. The molecule has 0 saturated carbocycles. The lowest BCUT2D eigenvalue weighted by Gasteiger charge is -2.10. The van der Waals surface area contributed by atoms with E-state index in [0.29, 0.717) is 22.2 Å². The van der Waals surface area contributed by atoms with Gasteiger partial charge in [-0.1, -0.05) is 12.1 Å². The van der Waals surface area contributed by atoms with Gasteiger partial charge >= 0.3 is 0 Å². The summed E-state index contributed by atoms with van der Waals surface area (Å²) in [6.07, 6.45) is 3.46. The summed E-state index contributed by atoms with van der Waals surface area (Å²) in [5, 5.41) is 7.62. The van der Waals surface area contributed by atoms with Crippen molar-refractivity contribution >= 4 is 22.6 Å². The standard InChI is InChI=1S/C19H14FN3O2/c1-12-14-11-13(20)7-8-17(14)25-18(12)19(24)22-15-5-2-3-6-16(15)23-10-4-9-21-23/h2-11H,1H3,(H,22,24). The van der Waals surface area contributed by atoms with Crippen molar-refractivity contribution in [1.29, 1.82) is 0 Å². The first-order chi connectivity index (χ1) is 12.1. The third kappa shape index (κ3) is 2.67. The monoisotopic (exact) mass is 335 g/mol. The van der Waals surface area contributed by atoms with E-state index < -0.39 is 5.91 Å². The molecule has 0 atom stereocenters. The van der Waals surface area contributed by atoms with Crippen molar-refractivity contribution in [3.05, 3.63) is 78.1 Å². The first-order valence-electron chi connectivity index (χ1n) is 7.72. The Morgan fingerprint density at radius 1 is 1.20 bits per heavy atom. The normalized spacial score (nSPS) is 11.0. The van der Waals surface area contributed by atoms with Gasteiger partial charge in [0.2, 0.25) is 0 Å². The second-order valence-corrected chi connectivity index (χ2v) is 5.62. The van der Waals surface area contributed by atoms with Crippen LogP contribution in [-0.4, -0.2) is 15.7 Å². The van der Waals surface area contributed by atoms with E-state index in [1.54, 1.807) is 36.1 Å². The topological polar surface area (TPSA) is 60.1 Å². The second-order valence-electron chi connectivity index (χ2n) is 5.62. The molecule has 2 aromatic heterocycles. The van der Waals surface area contributed by atoms with E-state index in [1.807, 2.05) is 18.2 Å². The fourth-order valence-corrected chi connectivity index (χ4v) is 2.78. The molecule has 5 nitrogen and oxygen atoms in total. The van der Waals surface area contributed by atoms with Gasteiger partial charge in [0.15, 0.2) is 5.76 Å². The molecule has 0 bridgehead atoms.